The molecule has 0 aliphatic heterocycles. The Morgan fingerprint density at radius 3 is 2.32 bits per heavy atom. The van der Waals surface area contributed by atoms with Crippen molar-refractivity contribution < 1.29 is 13.2 Å². The van der Waals surface area contributed by atoms with Crippen molar-refractivity contribution in [2.75, 3.05) is 13.6 Å². The van der Waals surface area contributed by atoms with Gasteiger partial charge in [-0.3, -0.25) is 4.90 Å². The van der Waals surface area contributed by atoms with E-state index in [9.17, 15) is 13.2 Å². The van der Waals surface area contributed by atoms with Crippen molar-refractivity contribution in [2.24, 2.45) is 5.92 Å². The zero-order valence-electron chi connectivity index (χ0n) is 12.4. The van der Waals surface area contributed by atoms with Crippen LogP contribution in [0.4, 0.5) is 13.2 Å². The fourth-order valence-corrected chi connectivity index (χ4v) is 3.20. The minimum absolute atomic E-state index is 0.00896. The lowest BCUT2D eigenvalue weighted by molar-refractivity contribution is -0.159. The lowest BCUT2D eigenvalue weighted by Gasteiger charge is -2.44. The van der Waals surface area contributed by atoms with E-state index in [-0.39, 0.29) is 18.1 Å². The maximum absolute atomic E-state index is 12.8. The van der Waals surface area contributed by atoms with Gasteiger partial charge in [0.15, 0.2) is 0 Å². The molecule has 0 amide bonds. The summed E-state index contributed by atoms with van der Waals surface area (Å²) in [4.78, 5) is 1.63. The molecule has 0 aromatic rings. The molecule has 0 radical (unpaired) electrons. The molecule has 0 spiro atoms. The molecule has 1 fully saturated rings. The van der Waals surface area contributed by atoms with E-state index in [2.05, 4.69) is 12.2 Å². The zero-order chi connectivity index (χ0) is 14.6. The second-order valence-corrected chi connectivity index (χ2v) is 5.93. The lowest BCUT2D eigenvalue weighted by Crippen LogP contribution is -2.56. The molecule has 1 aliphatic carbocycles. The highest BCUT2D eigenvalue weighted by Gasteiger charge is 2.39. The van der Waals surface area contributed by atoms with Crippen LogP contribution in [0.1, 0.15) is 46.5 Å². The average Bonchev–Trinajstić information content (AvgIpc) is 2.33. The van der Waals surface area contributed by atoms with E-state index in [0.717, 1.165) is 25.7 Å². The molecule has 3 unspecified atom stereocenters. The summed E-state index contributed by atoms with van der Waals surface area (Å²) in [5.41, 5.74) is 0. The summed E-state index contributed by atoms with van der Waals surface area (Å²) < 4.78 is 38.3. The summed E-state index contributed by atoms with van der Waals surface area (Å²) in [6.07, 6.45) is -0.0971. The number of alkyl halides is 3. The van der Waals surface area contributed by atoms with Gasteiger partial charge in [-0.05, 0) is 46.1 Å². The Bertz CT molecular complexity index is 266. The van der Waals surface area contributed by atoms with Gasteiger partial charge in [-0.15, -0.1) is 0 Å². The Balaban J connectivity index is 2.83. The molecule has 0 aromatic carbocycles. The van der Waals surface area contributed by atoms with E-state index in [1.807, 2.05) is 20.9 Å². The fraction of sp³-hybridized carbons (Fsp3) is 1.00. The van der Waals surface area contributed by atoms with E-state index in [1.165, 1.54) is 0 Å². The molecule has 0 aromatic heterocycles. The van der Waals surface area contributed by atoms with Gasteiger partial charge < -0.3 is 5.32 Å². The van der Waals surface area contributed by atoms with Crippen LogP contribution in [-0.4, -0.2) is 42.8 Å². The van der Waals surface area contributed by atoms with Crippen LogP contribution < -0.4 is 5.32 Å². The maximum atomic E-state index is 12.8. The SMILES string of the molecule is CCC1CCC(NC)C(N(CC(F)(F)F)C(C)C)C1. The minimum atomic E-state index is -4.12. The molecule has 0 saturated heterocycles. The number of halogens is 3. The normalized spacial score (nSPS) is 29.2. The molecular weight excluding hydrogens is 253 g/mol. The van der Waals surface area contributed by atoms with Crippen LogP contribution in [0.3, 0.4) is 0 Å². The highest BCUT2D eigenvalue weighted by molar-refractivity contribution is 4.92. The van der Waals surface area contributed by atoms with E-state index in [1.54, 1.807) is 4.90 Å². The van der Waals surface area contributed by atoms with Crippen molar-refractivity contribution in [1.29, 1.82) is 0 Å². The van der Waals surface area contributed by atoms with Crippen LogP contribution in [0.25, 0.3) is 0 Å². The number of rotatable bonds is 5. The Hall–Kier alpha value is -0.290. The number of hydrogen-bond donors (Lipinski definition) is 1. The summed E-state index contributed by atoms with van der Waals surface area (Å²) in [5, 5.41) is 3.21. The van der Waals surface area contributed by atoms with Crippen LogP contribution in [0.5, 0.6) is 0 Å². The van der Waals surface area contributed by atoms with Gasteiger partial charge in [0.05, 0.1) is 6.54 Å². The summed E-state index contributed by atoms with van der Waals surface area (Å²) in [7, 11) is 1.86. The third-order valence-corrected chi connectivity index (χ3v) is 4.32. The molecule has 2 nitrogen and oxygen atoms in total. The van der Waals surface area contributed by atoms with Crippen molar-refractivity contribution in [3.63, 3.8) is 0 Å². The second kappa shape index (κ2) is 6.93. The van der Waals surface area contributed by atoms with Crippen LogP contribution in [-0.2, 0) is 0 Å². The molecule has 5 heteroatoms. The highest BCUT2D eigenvalue weighted by Crippen LogP contribution is 2.32. The van der Waals surface area contributed by atoms with Crippen molar-refractivity contribution in [1.82, 2.24) is 10.2 Å². The number of nitrogens with one attached hydrogen (secondary N) is 1. The number of hydrogen-bond acceptors (Lipinski definition) is 2. The van der Waals surface area contributed by atoms with Gasteiger partial charge >= 0.3 is 6.18 Å². The van der Waals surface area contributed by atoms with E-state index >= 15 is 0 Å². The second-order valence-electron chi connectivity index (χ2n) is 5.93. The van der Waals surface area contributed by atoms with Crippen molar-refractivity contribution in [2.45, 2.75) is 70.8 Å². The molecule has 1 rings (SSSR count). The molecule has 0 bridgehead atoms. The van der Waals surface area contributed by atoms with E-state index in [0.29, 0.717) is 5.92 Å². The van der Waals surface area contributed by atoms with Gasteiger partial charge in [-0.1, -0.05) is 13.3 Å². The van der Waals surface area contributed by atoms with E-state index in [4.69, 9.17) is 0 Å². The van der Waals surface area contributed by atoms with Crippen LogP contribution in [0.15, 0.2) is 0 Å². The summed E-state index contributed by atoms with van der Waals surface area (Å²) in [5.74, 6) is 0.559. The third kappa shape index (κ3) is 4.95. The quantitative estimate of drug-likeness (QED) is 0.830. The first kappa shape index (κ1) is 16.8. The van der Waals surface area contributed by atoms with Gasteiger partial charge in [0, 0.05) is 18.1 Å². The lowest BCUT2D eigenvalue weighted by atomic mass is 9.80. The molecule has 19 heavy (non-hydrogen) atoms. The molecule has 1 saturated carbocycles. The minimum Gasteiger partial charge on any atom is -0.315 e. The maximum Gasteiger partial charge on any atom is 0.401 e. The monoisotopic (exact) mass is 280 g/mol. The molecule has 1 N–H and O–H groups in total. The first-order valence-corrected chi connectivity index (χ1v) is 7.28. The number of nitrogens with zero attached hydrogens (tertiary/aromatic N) is 1. The molecule has 1 aliphatic rings. The Morgan fingerprint density at radius 1 is 1.26 bits per heavy atom. The van der Waals surface area contributed by atoms with E-state index < -0.39 is 12.7 Å². The Labute approximate surface area is 114 Å². The van der Waals surface area contributed by atoms with Gasteiger partial charge in [0.1, 0.15) is 0 Å². The summed E-state index contributed by atoms with van der Waals surface area (Å²) in [6.45, 7) is 5.04. The fourth-order valence-electron chi connectivity index (χ4n) is 3.20. The first-order chi connectivity index (χ1) is 8.78. The topological polar surface area (TPSA) is 15.3 Å². The van der Waals surface area contributed by atoms with Crippen LogP contribution in [0, 0.1) is 5.92 Å². The summed E-state index contributed by atoms with van der Waals surface area (Å²) in [6, 6.07) is 0.0796. The van der Waals surface area contributed by atoms with Crippen molar-refractivity contribution >= 4 is 0 Å². The third-order valence-electron chi connectivity index (χ3n) is 4.32. The average molecular weight is 280 g/mol. The standard InChI is InChI=1S/C14H27F3N2/c1-5-11-6-7-12(18-4)13(8-11)19(10(2)3)9-14(15,16)17/h10-13,18H,5-9H2,1-4H3. The Kier molecular flexibility index (Phi) is 6.12. The summed E-state index contributed by atoms with van der Waals surface area (Å²) >= 11 is 0. The van der Waals surface area contributed by atoms with Gasteiger partial charge in [-0.2, -0.15) is 13.2 Å². The van der Waals surface area contributed by atoms with Crippen molar-refractivity contribution in [3.8, 4) is 0 Å². The number of likely N-dealkylation sites (N-methyl/N-ethyl adjacent to an activating group) is 1. The smallest absolute Gasteiger partial charge is 0.315 e. The molecule has 114 valence electrons. The molecular formula is C14H27F3N2. The van der Waals surface area contributed by atoms with Gasteiger partial charge in [0.25, 0.3) is 0 Å². The van der Waals surface area contributed by atoms with Gasteiger partial charge in [0.2, 0.25) is 0 Å². The molecule has 0 heterocycles. The van der Waals surface area contributed by atoms with Crippen LogP contribution >= 0.6 is 0 Å². The van der Waals surface area contributed by atoms with Crippen molar-refractivity contribution in [3.05, 3.63) is 0 Å². The Morgan fingerprint density at radius 2 is 1.89 bits per heavy atom. The highest BCUT2D eigenvalue weighted by atomic mass is 19.4. The predicted molar refractivity (Wildman–Crippen MR) is 72.2 cm³/mol. The first-order valence-electron chi connectivity index (χ1n) is 7.28. The van der Waals surface area contributed by atoms with Crippen LogP contribution in [0.2, 0.25) is 0 Å². The predicted octanol–water partition coefficient (Wildman–Crippen LogP) is 3.43. The largest absolute Gasteiger partial charge is 0.401 e. The molecule has 3 atom stereocenters. The van der Waals surface area contributed by atoms with Gasteiger partial charge in [-0.25, -0.2) is 0 Å². The zero-order valence-corrected chi connectivity index (χ0v) is 12.4.